The molecular weight excluding hydrogens is 295 g/mol. The number of carbonyl (C=O) groups is 2. The maximum Gasteiger partial charge on any atom is 0.242 e. The quantitative estimate of drug-likeness (QED) is 0.748. The molecule has 2 amide bonds. The molecule has 128 valence electrons. The largest absolute Gasteiger partial charge is 0.354 e. The lowest BCUT2D eigenvalue weighted by atomic mass is 10.1. The zero-order valence-electron chi connectivity index (χ0n) is 14.4. The van der Waals surface area contributed by atoms with Gasteiger partial charge in [-0.15, -0.1) is 0 Å². The van der Waals surface area contributed by atoms with Crippen LogP contribution in [0.1, 0.15) is 46.1 Å². The lowest BCUT2D eigenvalue weighted by molar-refractivity contribution is -0.143. The highest BCUT2D eigenvalue weighted by molar-refractivity contribution is 5.88. The number of hydrogen-bond acceptors (Lipinski definition) is 2. The van der Waals surface area contributed by atoms with Gasteiger partial charge >= 0.3 is 0 Å². The summed E-state index contributed by atoms with van der Waals surface area (Å²) < 4.78 is 13.0. The summed E-state index contributed by atoms with van der Waals surface area (Å²) in [6.45, 7) is 8.30. The van der Waals surface area contributed by atoms with Gasteiger partial charge in [-0.05, 0) is 31.0 Å². The van der Waals surface area contributed by atoms with Crippen molar-refractivity contribution in [3.63, 3.8) is 0 Å². The van der Waals surface area contributed by atoms with Gasteiger partial charge in [-0.2, -0.15) is 0 Å². The van der Waals surface area contributed by atoms with Crippen molar-refractivity contribution in [2.24, 2.45) is 5.92 Å². The number of amides is 2. The molecule has 0 saturated carbocycles. The van der Waals surface area contributed by atoms with Crippen molar-refractivity contribution in [1.29, 1.82) is 0 Å². The van der Waals surface area contributed by atoms with Gasteiger partial charge in [0.05, 0.1) is 0 Å². The third-order valence-electron chi connectivity index (χ3n) is 3.72. The summed E-state index contributed by atoms with van der Waals surface area (Å²) in [6.07, 6.45) is 1.91. The highest BCUT2D eigenvalue weighted by atomic mass is 19.1. The van der Waals surface area contributed by atoms with E-state index in [1.54, 1.807) is 24.0 Å². The first kappa shape index (κ1) is 19.1. The number of halogens is 1. The first-order chi connectivity index (χ1) is 10.9. The minimum Gasteiger partial charge on any atom is -0.354 e. The molecule has 0 radical (unpaired) electrons. The molecule has 0 unspecified atom stereocenters. The molecule has 0 aliphatic carbocycles. The number of nitrogens with one attached hydrogen (secondary N) is 1. The van der Waals surface area contributed by atoms with Crippen molar-refractivity contribution in [3.05, 3.63) is 35.6 Å². The second-order valence-electron chi connectivity index (χ2n) is 6.07. The van der Waals surface area contributed by atoms with Crippen LogP contribution in [0.15, 0.2) is 24.3 Å². The third kappa shape index (κ3) is 6.00. The van der Waals surface area contributed by atoms with Crippen molar-refractivity contribution < 1.29 is 14.0 Å². The van der Waals surface area contributed by atoms with Crippen LogP contribution in [0, 0.1) is 11.7 Å². The molecule has 1 aromatic rings. The zero-order chi connectivity index (χ0) is 17.4. The highest BCUT2D eigenvalue weighted by Gasteiger charge is 2.27. The summed E-state index contributed by atoms with van der Waals surface area (Å²) >= 11 is 0. The van der Waals surface area contributed by atoms with Gasteiger partial charge < -0.3 is 10.2 Å². The smallest absolute Gasteiger partial charge is 0.242 e. The number of hydrogen-bond donors (Lipinski definition) is 1. The SMILES string of the molecule is CCCCNC(=O)[C@@H](C)N(Cc1ccc(F)cc1)C(=O)C(C)C. The Morgan fingerprint density at radius 1 is 1.17 bits per heavy atom. The van der Waals surface area contributed by atoms with Crippen LogP contribution in [0.2, 0.25) is 0 Å². The van der Waals surface area contributed by atoms with Crippen molar-refractivity contribution in [2.75, 3.05) is 6.54 Å². The Morgan fingerprint density at radius 3 is 2.30 bits per heavy atom. The fraction of sp³-hybridized carbons (Fsp3) is 0.556. The second-order valence-corrected chi connectivity index (χ2v) is 6.07. The van der Waals surface area contributed by atoms with E-state index in [1.807, 2.05) is 13.8 Å². The van der Waals surface area contributed by atoms with Crippen LogP contribution in [0.3, 0.4) is 0 Å². The molecule has 0 bridgehead atoms. The van der Waals surface area contributed by atoms with E-state index in [0.29, 0.717) is 13.1 Å². The van der Waals surface area contributed by atoms with Gasteiger partial charge in [0.2, 0.25) is 11.8 Å². The van der Waals surface area contributed by atoms with E-state index >= 15 is 0 Å². The summed E-state index contributed by atoms with van der Waals surface area (Å²) in [6, 6.07) is 5.43. The molecule has 5 heteroatoms. The molecule has 1 rings (SSSR count). The monoisotopic (exact) mass is 322 g/mol. The van der Waals surface area contributed by atoms with Gasteiger partial charge in [0.25, 0.3) is 0 Å². The van der Waals surface area contributed by atoms with E-state index in [1.165, 1.54) is 12.1 Å². The zero-order valence-corrected chi connectivity index (χ0v) is 14.4. The fourth-order valence-corrected chi connectivity index (χ4v) is 2.20. The van der Waals surface area contributed by atoms with Crippen LogP contribution in [0.25, 0.3) is 0 Å². The fourth-order valence-electron chi connectivity index (χ4n) is 2.20. The molecule has 1 atom stereocenters. The van der Waals surface area contributed by atoms with Crippen LogP contribution < -0.4 is 5.32 Å². The number of nitrogens with zero attached hydrogens (tertiary/aromatic N) is 1. The van der Waals surface area contributed by atoms with Crippen LogP contribution >= 0.6 is 0 Å². The van der Waals surface area contributed by atoms with Crippen molar-refractivity contribution >= 4 is 11.8 Å². The maximum absolute atomic E-state index is 13.0. The molecule has 4 nitrogen and oxygen atoms in total. The van der Waals surface area contributed by atoms with Crippen molar-refractivity contribution in [1.82, 2.24) is 10.2 Å². The summed E-state index contributed by atoms with van der Waals surface area (Å²) in [5, 5.41) is 2.86. The first-order valence-electron chi connectivity index (χ1n) is 8.19. The van der Waals surface area contributed by atoms with Crippen LogP contribution in [-0.2, 0) is 16.1 Å². The molecule has 23 heavy (non-hydrogen) atoms. The topological polar surface area (TPSA) is 49.4 Å². The van der Waals surface area contributed by atoms with E-state index in [2.05, 4.69) is 12.2 Å². The molecule has 1 aromatic carbocycles. The van der Waals surface area contributed by atoms with Crippen LogP contribution in [0.4, 0.5) is 4.39 Å². The predicted molar refractivity (Wildman–Crippen MR) is 89.2 cm³/mol. The minimum atomic E-state index is -0.563. The summed E-state index contributed by atoms with van der Waals surface area (Å²) in [5.41, 5.74) is 0.800. The predicted octanol–water partition coefficient (Wildman–Crippen LogP) is 3.12. The summed E-state index contributed by atoms with van der Waals surface area (Å²) in [7, 11) is 0. The van der Waals surface area contributed by atoms with E-state index < -0.39 is 6.04 Å². The average molecular weight is 322 g/mol. The normalized spacial score (nSPS) is 12.1. The molecule has 0 heterocycles. The summed E-state index contributed by atoms with van der Waals surface area (Å²) in [4.78, 5) is 26.3. The summed E-state index contributed by atoms with van der Waals surface area (Å²) in [5.74, 6) is -0.774. The Labute approximate surface area is 138 Å². The van der Waals surface area contributed by atoms with Gasteiger partial charge in [0.1, 0.15) is 11.9 Å². The Morgan fingerprint density at radius 2 is 1.78 bits per heavy atom. The average Bonchev–Trinajstić information content (AvgIpc) is 2.53. The first-order valence-corrected chi connectivity index (χ1v) is 8.19. The van der Waals surface area contributed by atoms with Crippen molar-refractivity contribution in [3.8, 4) is 0 Å². The van der Waals surface area contributed by atoms with Crippen molar-refractivity contribution in [2.45, 2.75) is 53.1 Å². The van der Waals surface area contributed by atoms with E-state index in [-0.39, 0.29) is 23.5 Å². The molecule has 0 aliphatic rings. The Hall–Kier alpha value is -1.91. The Kier molecular flexibility index (Phi) is 7.72. The Balaban J connectivity index is 2.84. The maximum atomic E-state index is 13.0. The minimum absolute atomic E-state index is 0.0903. The van der Waals surface area contributed by atoms with Gasteiger partial charge in [0, 0.05) is 19.0 Å². The number of benzene rings is 1. The van der Waals surface area contributed by atoms with E-state index in [4.69, 9.17) is 0 Å². The number of unbranched alkanes of at least 4 members (excludes halogenated alkanes) is 1. The molecule has 0 spiro atoms. The van der Waals surface area contributed by atoms with E-state index in [0.717, 1.165) is 18.4 Å². The van der Waals surface area contributed by atoms with Gasteiger partial charge in [-0.1, -0.05) is 39.3 Å². The van der Waals surface area contributed by atoms with Gasteiger partial charge in [-0.3, -0.25) is 9.59 Å². The van der Waals surface area contributed by atoms with Crippen LogP contribution in [-0.4, -0.2) is 29.3 Å². The lowest BCUT2D eigenvalue weighted by Crippen LogP contribution is -2.49. The third-order valence-corrected chi connectivity index (χ3v) is 3.72. The second kappa shape index (κ2) is 9.28. The van der Waals surface area contributed by atoms with E-state index in [9.17, 15) is 14.0 Å². The standard InChI is InChI=1S/C18H27FN2O2/c1-5-6-11-20-17(22)14(4)21(18(23)13(2)3)12-15-7-9-16(19)10-8-15/h7-10,13-14H,5-6,11-12H2,1-4H3,(H,20,22)/t14-/m1/s1. The van der Waals surface area contributed by atoms with Gasteiger partial charge in [0.15, 0.2) is 0 Å². The molecule has 0 fully saturated rings. The Bertz CT molecular complexity index is 514. The number of rotatable bonds is 8. The number of carbonyl (C=O) groups excluding carboxylic acids is 2. The highest BCUT2D eigenvalue weighted by Crippen LogP contribution is 2.13. The molecule has 0 saturated heterocycles. The lowest BCUT2D eigenvalue weighted by Gasteiger charge is -2.30. The molecular formula is C18H27FN2O2. The molecule has 0 aromatic heterocycles. The molecule has 0 aliphatic heterocycles. The molecule has 1 N–H and O–H groups in total. The van der Waals surface area contributed by atoms with Gasteiger partial charge in [-0.25, -0.2) is 4.39 Å². The van der Waals surface area contributed by atoms with Crippen LogP contribution in [0.5, 0.6) is 0 Å².